The van der Waals surface area contributed by atoms with Crippen molar-refractivity contribution < 1.29 is 14.6 Å². The maximum absolute atomic E-state index is 10.8. The van der Waals surface area contributed by atoms with Gasteiger partial charge >= 0.3 is 0 Å². The molecule has 0 fully saturated rings. The van der Waals surface area contributed by atoms with Gasteiger partial charge in [0.25, 0.3) is 0 Å². The average Bonchev–Trinajstić information content (AvgIpc) is 2.37. The zero-order valence-electron chi connectivity index (χ0n) is 11.6. The van der Waals surface area contributed by atoms with Gasteiger partial charge < -0.3 is 9.84 Å². The molecule has 0 radical (unpaired) electrons. The molecule has 0 aliphatic rings. The summed E-state index contributed by atoms with van der Waals surface area (Å²) in [5.74, 6) is 0.765. The second-order valence-electron chi connectivity index (χ2n) is 4.82. The molecule has 1 N–H and O–H groups in total. The minimum Gasteiger partial charge on any atom is -0.490 e. The topological polar surface area (TPSA) is 46.5 Å². The van der Waals surface area contributed by atoms with Crippen molar-refractivity contribution in [2.24, 2.45) is 0 Å². The molecule has 0 heterocycles. The summed E-state index contributed by atoms with van der Waals surface area (Å²) in [5.41, 5.74) is 1.72. The number of hydrogen-bond acceptors (Lipinski definition) is 3. The molecule has 0 saturated heterocycles. The summed E-state index contributed by atoms with van der Waals surface area (Å²) in [4.78, 5) is 10.8. The molecule has 1 aromatic carbocycles. The second kappa shape index (κ2) is 6.01. The molecule has 0 aliphatic carbocycles. The smallest absolute Gasteiger partial charge is 0.150 e. The van der Waals surface area contributed by atoms with E-state index in [2.05, 4.69) is 0 Å². The van der Waals surface area contributed by atoms with Crippen LogP contribution in [0.15, 0.2) is 12.1 Å². The van der Waals surface area contributed by atoms with Gasteiger partial charge in [-0.2, -0.15) is 0 Å². The van der Waals surface area contributed by atoms with Gasteiger partial charge in [0, 0.05) is 5.56 Å². The Bertz CT molecular complexity index is 397. The molecule has 0 atom stereocenters. The number of carbonyl (C=O) groups excluding carboxylic acids is 1. The molecule has 3 nitrogen and oxygen atoms in total. The van der Waals surface area contributed by atoms with E-state index in [0.717, 1.165) is 23.2 Å². The van der Waals surface area contributed by atoms with Crippen LogP contribution in [0.5, 0.6) is 5.75 Å². The minimum atomic E-state index is -0.776. The SMILES string of the molecule is CCC(O)(CC)COc1c(C)cc(C=O)cc1C. The van der Waals surface area contributed by atoms with E-state index in [1.165, 1.54) is 0 Å². The van der Waals surface area contributed by atoms with Crippen LogP contribution < -0.4 is 4.74 Å². The molecule has 3 heteroatoms. The summed E-state index contributed by atoms with van der Waals surface area (Å²) in [6.07, 6.45) is 2.15. The largest absolute Gasteiger partial charge is 0.490 e. The molecule has 0 aliphatic heterocycles. The first kappa shape index (κ1) is 14.7. The summed E-state index contributed by atoms with van der Waals surface area (Å²) < 4.78 is 5.75. The van der Waals surface area contributed by atoms with Crippen molar-refractivity contribution in [3.63, 3.8) is 0 Å². The van der Waals surface area contributed by atoms with Crippen molar-refractivity contribution in [1.82, 2.24) is 0 Å². The Balaban J connectivity index is 2.89. The standard InChI is InChI=1S/C15H22O3/c1-5-15(17,6-2)10-18-14-11(3)7-13(9-16)8-12(14)4/h7-9,17H,5-6,10H2,1-4H3. The molecule has 0 spiro atoms. The number of aryl methyl sites for hydroxylation is 2. The molecule has 1 aromatic rings. The quantitative estimate of drug-likeness (QED) is 0.789. The van der Waals surface area contributed by atoms with Gasteiger partial charge in [0.2, 0.25) is 0 Å². The van der Waals surface area contributed by atoms with Crippen molar-refractivity contribution in [3.05, 3.63) is 28.8 Å². The van der Waals surface area contributed by atoms with Gasteiger partial charge in [-0.05, 0) is 49.9 Å². The monoisotopic (exact) mass is 250 g/mol. The molecule has 18 heavy (non-hydrogen) atoms. The lowest BCUT2D eigenvalue weighted by Gasteiger charge is -2.26. The number of hydrogen-bond donors (Lipinski definition) is 1. The Morgan fingerprint density at radius 3 is 2.11 bits per heavy atom. The number of aliphatic hydroxyl groups is 1. The summed E-state index contributed by atoms with van der Waals surface area (Å²) >= 11 is 0. The lowest BCUT2D eigenvalue weighted by atomic mass is 9.99. The Morgan fingerprint density at radius 1 is 1.22 bits per heavy atom. The first-order valence-electron chi connectivity index (χ1n) is 6.37. The van der Waals surface area contributed by atoms with Crippen LogP contribution >= 0.6 is 0 Å². The summed E-state index contributed by atoms with van der Waals surface area (Å²) in [6.45, 7) is 7.99. The van der Waals surface area contributed by atoms with Crippen LogP contribution in [-0.4, -0.2) is 23.6 Å². The van der Waals surface area contributed by atoms with Crippen molar-refractivity contribution >= 4 is 6.29 Å². The van der Waals surface area contributed by atoms with Gasteiger partial charge in [0.1, 0.15) is 18.6 Å². The molecular formula is C15H22O3. The number of carbonyl (C=O) groups is 1. The van der Waals surface area contributed by atoms with Crippen LogP contribution in [-0.2, 0) is 0 Å². The molecule has 0 saturated carbocycles. The number of aldehydes is 1. The van der Waals surface area contributed by atoms with E-state index in [1.54, 1.807) is 12.1 Å². The lowest BCUT2D eigenvalue weighted by Crippen LogP contribution is -2.34. The van der Waals surface area contributed by atoms with Gasteiger partial charge in [-0.3, -0.25) is 4.79 Å². The third kappa shape index (κ3) is 3.33. The van der Waals surface area contributed by atoms with Gasteiger partial charge in [-0.25, -0.2) is 0 Å². The highest BCUT2D eigenvalue weighted by atomic mass is 16.5. The molecule has 1 rings (SSSR count). The third-order valence-electron chi connectivity index (χ3n) is 3.42. The third-order valence-corrected chi connectivity index (χ3v) is 3.42. The average molecular weight is 250 g/mol. The van der Waals surface area contributed by atoms with Crippen LogP contribution in [0.2, 0.25) is 0 Å². The van der Waals surface area contributed by atoms with E-state index < -0.39 is 5.60 Å². The highest BCUT2D eigenvalue weighted by Crippen LogP contribution is 2.26. The van der Waals surface area contributed by atoms with E-state index in [-0.39, 0.29) is 6.61 Å². The zero-order valence-corrected chi connectivity index (χ0v) is 11.6. The second-order valence-corrected chi connectivity index (χ2v) is 4.82. The predicted octanol–water partition coefficient (Wildman–Crippen LogP) is 3.05. The molecule has 0 aromatic heterocycles. The minimum absolute atomic E-state index is 0.280. The fourth-order valence-corrected chi connectivity index (χ4v) is 1.94. The van der Waals surface area contributed by atoms with Gasteiger partial charge in [0.15, 0.2) is 0 Å². The fraction of sp³-hybridized carbons (Fsp3) is 0.533. The van der Waals surface area contributed by atoms with E-state index in [1.807, 2.05) is 27.7 Å². The number of rotatable bonds is 6. The van der Waals surface area contributed by atoms with Crippen molar-refractivity contribution in [3.8, 4) is 5.75 Å². The first-order chi connectivity index (χ1) is 8.45. The van der Waals surface area contributed by atoms with Crippen molar-refractivity contribution in [2.45, 2.75) is 46.1 Å². The van der Waals surface area contributed by atoms with E-state index in [4.69, 9.17) is 4.74 Å². The van der Waals surface area contributed by atoms with E-state index >= 15 is 0 Å². The maximum atomic E-state index is 10.8. The summed E-state index contributed by atoms with van der Waals surface area (Å²) in [7, 11) is 0. The fourth-order valence-electron chi connectivity index (χ4n) is 1.94. The first-order valence-corrected chi connectivity index (χ1v) is 6.37. The summed E-state index contributed by atoms with van der Waals surface area (Å²) in [5, 5.41) is 10.2. The highest BCUT2D eigenvalue weighted by molar-refractivity contribution is 5.76. The van der Waals surface area contributed by atoms with Crippen molar-refractivity contribution in [1.29, 1.82) is 0 Å². The van der Waals surface area contributed by atoms with Crippen molar-refractivity contribution in [2.75, 3.05) is 6.61 Å². The molecule has 0 bridgehead atoms. The predicted molar refractivity (Wildman–Crippen MR) is 72.3 cm³/mol. The summed E-state index contributed by atoms with van der Waals surface area (Å²) in [6, 6.07) is 3.60. The van der Waals surface area contributed by atoms with Crippen LogP contribution in [0.4, 0.5) is 0 Å². The van der Waals surface area contributed by atoms with Crippen LogP contribution in [0.25, 0.3) is 0 Å². The Hall–Kier alpha value is -1.35. The molecule has 100 valence electrons. The zero-order chi connectivity index (χ0) is 13.8. The maximum Gasteiger partial charge on any atom is 0.150 e. The van der Waals surface area contributed by atoms with E-state index in [0.29, 0.717) is 18.4 Å². The normalized spacial score (nSPS) is 11.4. The van der Waals surface area contributed by atoms with Crippen LogP contribution in [0.3, 0.4) is 0 Å². The molecule has 0 unspecified atom stereocenters. The molecule has 0 amide bonds. The van der Waals surface area contributed by atoms with Gasteiger partial charge in [0.05, 0.1) is 5.60 Å². The van der Waals surface area contributed by atoms with E-state index in [9.17, 15) is 9.90 Å². The van der Waals surface area contributed by atoms with Gasteiger partial charge in [-0.15, -0.1) is 0 Å². The molecular weight excluding hydrogens is 228 g/mol. The van der Waals surface area contributed by atoms with Gasteiger partial charge in [-0.1, -0.05) is 13.8 Å². The van der Waals surface area contributed by atoms with Crippen LogP contribution in [0, 0.1) is 13.8 Å². The Kier molecular flexibility index (Phi) is 4.91. The Morgan fingerprint density at radius 2 is 1.72 bits per heavy atom. The Labute approximate surface area is 109 Å². The number of benzene rings is 1. The lowest BCUT2D eigenvalue weighted by molar-refractivity contribution is -0.0117. The number of ether oxygens (including phenoxy) is 1. The highest BCUT2D eigenvalue weighted by Gasteiger charge is 2.23. The van der Waals surface area contributed by atoms with Crippen LogP contribution in [0.1, 0.15) is 48.2 Å².